The van der Waals surface area contributed by atoms with Crippen LogP contribution in [0.2, 0.25) is 0 Å². The van der Waals surface area contributed by atoms with E-state index >= 15 is 0 Å². The lowest BCUT2D eigenvalue weighted by molar-refractivity contribution is 0.696. The van der Waals surface area contributed by atoms with E-state index in [1.807, 2.05) is 37.8 Å². The van der Waals surface area contributed by atoms with Crippen LogP contribution in [-0.4, -0.2) is 16.6 Å². The third-order valence-corrected chi connectivity index (χ3v) is 2.60. The molecule has 0 aliphatic heterocycles. The highest BCUT2D eigenvalue weighted by atomic mass is 15.0. The van der Waals surface area contributed by atoms with Crippen molar-refractivity contribution in [2.45, 2.75) is 13.0 Å². The molecular formula is C12H16N4. The van der Waals surface area contributed by atoms with Gasteiger partial charge in [0.15, 0.2) is 0 Å². The van der Waals surface area contributed by atoms with Gasteiger partial charge in [-0.2, -0.15) is 0 Å². The third-order valence-electron chi connectivity index (χ3n) is 2.60. The Labute approximate surface area is 95.1 Å². The van der Waals surface area contributed by atoms with E-state index in [2.05, 4.69) is 14.9 Å². The van der Waals surface area contributed by atoms with Gasteiger partial charge in [0.25, 0.3) is 0 Å². The lowest BCUT2D eigenvalue weighted by Gasteiger charge is -2.10. The van der Waals surface area contributed by atoms with E-state index in [-0.39, 0.29) is 0 Å². The van der Waals surface area contributed by atoms with Gasteiger partial charge in [0, 0.05) is 37.4 Å². The lowest BCUT2D eigenvalue weighted by Crippen LogP contribution is -2.02. The summed E-state index contributed by atoms with van der Waals surface area (Å²) in [5.41, 5.74) is 8.96. The van der Waals surface area contributed by atoms with Gasteiger partial charge in [-0.25, -0.2) is 4.98 Å². The minimum Gasteiger partial charge on any atom is -0.399 e. The Kier molecular flexibility index (Phi) is 3.10. The average Bonchev–Trinajstić information content (AvgIpc) is 2.79. The summed E-state index contributed by atoms with van der Waals surface area (Å²) >= 11 is 0. The van der Waals surface area contributed by atoms with Crippen molar-refractivity contribution in [3.05, 3.63) is 42.5 Å². The SMILES string of the molecule is CNc1ccc(N)cc1CCn1ccnc1. The van der Waals surface area contributed by atoms with E-state index in [1.54, 1.807) is 6.20 Å². The highest BCUT2D eigenvalue weighted by Crippen LogP contribution is 2.19. The van der Waals surface area contributed by atoms with Crippen LogP contribution in [0.1, 0.15) is 5.56 Å². The van der Waals surface area contributed by atoms with E-state index in [0.717, 1.165) is 24.3 Å². The first kappa shape index (κ1) is 10.5. The number of nitrogens with zero attached hydrogens (tertiary/aromatic N) is 2. The molecule has 2 aromatic rings. The number of aryl methyl sites for hydroxylation is 2. The van der Waals surface area contributed by atoms with Crippen molar-refractivity contribution in [2.75, 3.05) is 18.1 Å². The smallest absolute Gasteiger partial charge is 0.0946 e. The van der Waals surface area contributed by atoms with Gasteiger partial charge in [0.05, 0.1) is 6.33 Å². The zero-order chi connectivity index (χ0) is 11.4. The van der Waals surface area contributed by atoms with Crippen LogP contribution in [0.4, 0.5) is 11.4 Å². The molecule has 4 nitrogen and oxygen atoms in total. The number of hydrogen-bond acceptors (Lipinski definition) is 3. The van der Waals surface area contributed by atoms with Gasteiger partial charge in [-0.1, -0.05) is 0 Å². The fourth-order valence-electron chi connectivity index (χ4n) is 1.73. The number of imidazole rings is 1. The van der Waals surface area contributed by atoms with Gasteiger partial charge in [-0.05, 0) is 30.2 Å². The van der Waals surface area contributed by atoms with Crippen molar-refractivity contribution in [3.8, 4) is 0 Å². The highest BCUT2D eigenvalue weighted by Gasteiger charge is 2.01. The van der Waals surface area contributed by atoms with E-state index in [0.29, 0.717) is 0 Å². The average molecular weight is 216 g/mol. The fourth-order valence-corrected chi connectivity index (χ4v) is 1.73. The van der Waals surface area contributed by atoms with Crippen LogP contribution < -0.4 is 11.1 Å². The van der Waals surface area contributed by atoms with Gasteiger partial charge in [-0.15, -0.1) is 0 Å². The van der Waals surface area contributed by atoms with Crippen molar-refractivity contribution in [2.24, 2.45) is 0 Å². The molecule has 0 saturated heterocycles. The molecule has 0 saturated carbocycles. The monoisotopic (exact) mass is 216 g/mol. The number of nitrogen functional groups attached to an aromatic ring is 1. The molecule has 3 N–H and O–H groups in total. The quantitative estimate of drug-likeness (QED) is 0.765. The van der Waals surface area contributed by atoms with Crippen molar-refractivity contribution in [1.29, 1.82) is 0 Å². The first-order valence-electron chi connectivity index (χ1n) is 5.31. The summed E-state index contributed by atoms with van der Waals surface area (Å²) in [6.45, 7) is 0.915. The summed E-state index contributed by atoms with van der Waals surface area (Å²) < 4.78 is 2.06. The van der Waals surface area contributed by atoms with Crippen LogP contribution in [0.15, 0.2) is 36.9 Å². The molecule has 16 heavy (non-hydrogen) atoms. The third kappa shape index (κ3) is 2.34. The maximum Gasteiger partial charge on any atom is 0.0946 e. The standard InChI is InChI=1S/C12H16N4/c1-14-12-3-2-11(13)8-10(12)4-6-16-7-5-15-9-16/h2-3,5,7-9,14H,4,6,13H2,1H3. The first-order chi connectivity index (χ1) is 7.79. The Morgan fingerprint density at radius 1 is 1.44 bits per heavy atom. The zero-order valence-corrected chi connectivity index (χ0v) is 9.35. The molecule has 2 rings (SSSR count). The highest BCUT2D eigenvalue weighted by molar-refractivity contribution is 5.57. The van der Waals surface area contributed by atoms with E-state index in [4.69, 9.17) is 5.73 Å². The van der Waals surface area contributed by atoms with Crippen molar-refractivity contribution >= 4 is 11.4 Å². The maximum absolute atomic E-state index is 5.78. The minimum atomic E-state index is 0.805. The molecule has 1 aromatic carbocycles. The van der Waals surface area contributed by atoms with Gasteiger partial charge in [0.2, 0.25) is 0 Å². The molecule has 0 spiro atoms. The zero-order valence-electron chi connectivity index (χ0n) is 9.35. The van der Waals surface area contributed by atoms with E-state index < -0.39 is 0 Å². The van der Waals surface area contributed by atoms with E-state index in [1.165, 1.54) is 5.56 Å². The molecule has 4 heteroatoms. The Balaban J connectivity index is 2.11. The maximum atomic E-state index is 5.78. The first-order valence-corrected chi connectivity index (χ1v) is 5.31. The van der Waals surface area contributed by atoms with Crippen LogP contribution in [0.5, 0.6) is 0 Å². The molecule has 1 aromatic heterocycles. The second kappa shape index (κ2) is 4.70. The van der Waals surface area contributed by atoms with Crippen LogP contribution in [-0.2, 0) is 13.0 Å². The fraction of sp³-hybridized carbons (Fsp3) is 0.250. The molecule has 0 radical (unpaired) electrons. The number of aromatic nitrogens is 2. The Morgan fingerprint density at radius 2 is 2.31 bits per heavy atom. The van der Waals surface area contributed by atoms with Gasteiger partial charge >= 0.3 is 0 Å². The number of nitrogens with two attached hydrogens (primary N) is 1. The second-order valence-corrected chi connectivity index (χ2v) is 3.72. The van der Waals surface area contributed by atoms with Gasteiger partial charge < -0.3 is 15.6 Å². The summed E-state index contributed by atoms with van der Waals surface area (Å²) in [7, 11) is 1.92. The predicted molar refractivity (Wildman–Crippen MR) is 66.3 cm³/mol. The number of benzene rings is 1. The molecule has 1 heterocycles. The molecule has 0 aliphatic carbocycles. The predicted octanol–water partition coefficient (Wildman–Crippen LogP) is 1.75. The molecular weight excluding hydrogens is 200 g/mol. The largest absolute Gasteiger partial charge is 0.399 e. The Morgan fingerprint density at radius 3 is 3.00 bits per heavy atom. The topological polar surface area (TPSA) is 55.9 Å². The molecule has 0 amide bonds. The summed E-state index contributed by atoms with van der Waals surface area (Å²) in [4.78, 5) is 4.02. The van der Waals surface area contributed by atoms with Gasteiger partial charge in [-0.3, -0.25) is 0 Å². The van der Waals surface area contributed by atoms with Crippen molar-refractivity contribution in [1.82, 2.24) is 9.55 Å². The number of anilines is 2. The molecule has 0 aliphatic rings. The van der Waals surface area contributed by atoms with Crippen molar-refractivity contribution < 1.29 is 0 Å². The van der Waals surface area contributed by atoms with Crippen LogP contribution in [0.3, 0.4) is 0 Å². The number of nitrogens with one attached hydrogen (secondary N) is 1. The number of hydrogen-bond donors (Lipinski definition) is 2. The van der Waals surface area contributed by atoms with Crippen LogP contribution in [0, 0.1) is 0 Å². The van der Waals surface area contributed by atoms with Gasteiger partial charge in [0.1, 0.15) is 0 Å². The van der Waals surface area contributed by atoms with Crippen LogP contribution >= 0.6 is 0 Å². The summed E-state index contributed by atoms with van der Waals surface area (Å²) in [6.07, 6.45) is 6.52. The van der Waals surface area contributed by atoms with Crippen LogP contribution in [0.25, 0.3) is 0 Å². The molecule has 0 unspecified atom stereocenters. The molecule has 84 valence electrons. The normalized spacial score (nSPS) is 10.3. The summed E-state index contributed by atoms with van der Waals surface area (Å²) in [5, 5.41) is 3.17. The Bertz CT molecular complexity index is 448. The second-order valence-electron chi connectivity index (χ2n) is 3.72. The molecule has 0 fully saturated rings. The summed E-state index contributed by atoms with van der Waals surface area (Å²) in [5.74, 6) is 0. The number of rotatable bonds is 4. The summed E-state index contributed by atoms with van der Waals surface area (Å²) in [6, 6.07) is 5.94. The lowest BCUT2D eigenvalue weighted by atomic mass is 10.1. The molecule has 0 bridgehead atoms. The minimum absolute atomic E-state index is 0.805. The Hall–Kier alpha value is -1.97. The van der Waals surface area contributed by atoms with Crippen molar-refractivity contribution in [3.63, 3.8) is 0 Å². The molecule has 0 atom stereocenters. The van der Waals surface area contributed by atoms with E-state index in [9.17, 15) is 0 Å².